The molecule has 2 N–H and O–H groups in total. The number of likely N-dealkylation sites (tertiary alicyclic amines) is 1. The first-order valence-corrected chi connectivity index (χ1v) is 7.02. The van der Waals surface area contributed by atoms with Gasteiger partial charge in [0.25, 0.3) is 0 Å². The quantitative estimate of drug-likeness (QED) is 0.887. The van der Waals surface area contributed by atoms with Gasteiger partial charge in [0, 0.05) is 24.7 Å². The summed E-state index contributed by atoms with van der Waals surface area (Å²) >= 11 is 0. The maximum absolute atomic E-state index is 13.6. The van der Waals surface area contributed by atoms with Crippen LogP contribution in [0.15, 0.2) is 18.2 Å². The molecule has 0 radical (unpaired) electrons. The Labute approximate surface area is 118 Å². The minimum atomic E-state index is -1.03. The number of hydrogen-bond donors (Lipinski definition) is 2. The molecule has 1 aromatic carbocycles. The van der Waals surface area contributed by atoms with Crippen LogP contribution in [0, 0.1) is 17.6 Å². The van der Waals surface area contributed by atoms with Gasteiger partial charge in [0.05, 0.1) is 6.10 Å². The largest absolute Gasteiger partial charge is 0.387 e. The number of nitrogens with one attached hydrogen (secondary N) is 1. The first kappa shape index (κ1) is 15.4. The third-order valence-corrected chi connectivity index (χ3v) is 4.00. The SMILES string of the molecule is CC1CN(C)CCC1NCC(O)c1cc(F)ccc1F. The van der Waals surface area contributed by atoms with E-state index in [1.165, 1.54) is 0 Å². The Morgan fingerprint density at radius 1 is 1.45 bits per heavy atom. The van der Waals surface area contributed by atoms with Gasteiger partial charge in [-0.05, 0) is 44.1 Å². The molecule has 0 amide bonds. The van der Waals surface area contributed by atoms with Crippen LogP contribution < -0.4 is 5.32 Å². The van der Waals surface area contributed by atoms with Crippen molar-refractivity contribution in [3.05, 3.63) is 35.4 Å². The molecule has 0 saturated carbocycles. The average molecular weight is 284 g/mol. The molecule has 3 atom stereocenters. The zero-order valence-corrected chi connectivity index (χ0v) is 11.9. The molecule has 0 bridgehead atoms. The van der Waals surface area contributed by atoms with Crippen molar-refractivity contribution >= 4 is 0 Å². The third-order valence-electron chi connectivity index (χ3n) is 4.00. The number of rotatable bonds is 4. The Bertz CT molecular complexity index is 455. The highest BCUT2D eigenvalue weighted by molar-refractivity contribution is 5.21. The Morgan fingerprint density at radius 2 is 2.20 bits per heavy atom. The highest BCUT2D eigenvalue weighted by Gasteiger charge is 2.24. The van der Waals surface area contributed by atoms with E-state index in [9.17, 15) is 13.9 Å². The predicted molar refractivity (Wildman–Crippen MR) is 74.4 cm³/mol. The summed E-state index contributed by atoms with van der Waals surface area (Å²) in [6, 6.07) is 3.46. The number of hydrogen-bond acceptors (Lipinski definition) is 3. The smallest absolute Gasteiger partial charge is 0.129 e. The molecular formula is C15H22F2N2O. The minimum absolute atomic E-state index is 0.0121. The minimum Gasteiger partial charge on any atom is -0.387 e. The van der Waals surface area contributed by atoms with Crippen molar-refractivity contribution in [1.29, 1.82) is 0 Å². The van der Waals surface area contributed by atoms with Gasteiger partial charge in [-0.3, -0.25) is 0 Å². The molecule has 2 rings (SSSR count). The molecule has 20 heavy (non-hydrogen) atoms. The molecule has 0 spiro atoms. The summed E-state index contributed by atoms with van der Waals surface area (Å²) in [5, 5.41) is 13.3. The second-order valence-electron chi connectivity index (χ2n) is 5.72. The first-order chi connectivity index (χ1) is 9.47. The van der Waals surface area contributed by atoms with Gasteiger partial charge in [-0.2, -0.15) is 0 Å². The van der Waals surface area contributed by atoms with E-state index in [2.05, 4.69) is 24.2 Å². The van der Waals surface area contributed by atoms with Gasteiger partial charge < -0.3 is 15.3 Å². The monoisotopic (exact) mass is 284 g/mol. The maximum atomic E-state index is 13.6. The number of halogens is 2. The standard InChI is InChI=1S/C15H22F2N2O/c1-10-9-19(2)6-5-14(10)18-8-15(20)12-7-11(16)3-4-13(12)17/h3-4,7,10,14-15,18,20H,5-6,8-9H2,1-2H3. The predicted octanol–water partition coefficient (Wildman–Crippen LogP) is 1.93. The fourth-order valence-electron chi connectivity index (χ4n) is 2.80. The Morgan fingerprint density at radius 3 is 2.90 bits per heavy atom. The van der Waals surface area contributed by atoms with Gasteiger partial charge in [-0.1, -0.05) is 6.92 Å². The van der Waals surface area contributed by atoms with Crippen molar-refractivity contribution in [3.63, 3.8) is 0 Å². The van der Waals surface area contributed by atoms with Crippen LogP contribution in [0.4, 0.5) is 8.78 Å². The number of benzene rings is 1. The third kappa shape index (κ3) is 3.75. The Hall–Kier alpha value is -1.04. The van der Waals surface area contributed by atoms with Crippen LogP contribution in [0.2, 0.25) is 0 Å². The number of aliphatic hydroxyl groups excluding tert-OH is 1. The lowest BCUT2D eigenvalue weighted by Gasteiger charge is -2.35. The van der Waals surface area contributed by atoms with Crippen LogP contribution in [-0.4, -0.2) is 42.7 Å². The van der Waals surface area contributed by atoms with E-state index in [-0.39, 0.29) is 12.1 Å². The molecule has 1 fully saturated rings. The van der Waals surface area contributed by atoms with Gasteiger partial charge in [-0.25, -0.2) is 8.78 Å². The molecule has 1 heterocycles. The summed E-state index contributed by atoms with van der Waals surface area (Å²) in [7, 11) is 2.09. The number of nitrogens with zero attached hydrogens (tertiary/aromatic N) is 1. The number of piperidine rings is 1. The van der Waals surface area contributed by atoms with E-state index in [0.29, 0.717) is 12.0 Å². The first-order valence-electron chi connectivity index (χ1n) is 7.02. The lowest BCUT2D eigenvalue weighted by Crippen LogP contribution is -2.47. The molecule has 0 aromatic heterocycles. The molecule has 1 saturated heterocycles. The maximum Gasteiger partial charge on any atom is 0.129 e. The van der Waals surface area contributed by atoms with E-state index in [4.69, 9.17) is 0 Å². The molecule has 3 unspecified atom stereocenters. The van der Waals surface area contributed by atoms with Crippen molar-refractivity contribution in [2.75, 3.05) is 26.7 Å². The van der Waals surface area contributed by atoms with Gasteiger partial charge in [0.2, 0.25) is 0 Å². The van der Waals surface area contributed by atoms with Gasteiger partial charge in [0.15, 0.2) is 0 Å². The summed E-state index contributed by atoms with van der Waals surface area (Å²) < 4.78 is 26.7. The van der Waals surface area contributed by atoms with E-state index >= 15 is 0 Å². The van der Waals surface area contributed by atoms with Gasteiger partial charge in [0.1, 0.15) is 11.6 Å². The van der Waals surface area contributed by atoms with Crippen molar-refractivity contribution in [1.82, 2.24) is 10.2 Å². The molecule has 112 valence electrons. The van der Waals surface area contributed by atoms with Crippen LogP contribution in [0.3, 0.4) is 0 Å². The Kier molecular flexibility index (Phi) is 5.07. The molecule has 3 nitrogen and oxygen atoms in total. The van der Waals surface area contributed by atoms with Crippen LogP contribution in [0.1, 0.15) is 25.0 Å². The summed E-state index contributed by atoms with van der Waals surface area (Å²) in [6.07, 6.45) is -0.0340. The van der Waals surface area contributed by atoms with Crippen LogP contribution in [0.5, 0.6) is 0 Å². The molecule has 1 aliphatic rings. The normalized spacial score (nSPS) is 25.6. The van der Waals surface area contributed by atoms with Crippen molar-refractivity contribution in [2.45, 2.75) is 25.5 Å². The second kappa shape index (κ2) is 6.61. The average Bonchev–Trinajstić information content (AvgIpc) is 2.40. The van der Waals surface area contributed by atoms with E-state index in [0.717, 1.165) is 37.7 Å². The molecule has 5 heteroatoms. The highest BCUT2D eigenvalue weighted by Crippen LogP contribution is 2.20. The van der Waals surface area contributed by atoms with Crippen molar-refractivity contribution in [3.8, 4) is 0 Å². The lowest BCUT2D eigenvalue weighted by molar-refractivity contribution is 0.134. The van der Waals surface area contributed by atoms with Crippen LogP contribution in [-0.2, 0) is 0 Å². The van der Waals surface area contributed by atoms with E-state index < -0.39 is 17.7 Å². The molecule has 1 aromatic rings. The Balaban J connectivity index is 1.92. The second-order valence-corrected chi connectivity index (χ2v) is 5.72. The van der Waals surface area contributed by atoms with E-state index in [1.54, 1.807) is 0 Å². The molecule has 1 aliphatic heterocycles. The zero-order valence-electron chi connectivity index (χ0n) is 11.9. The summed E-state index contributed by atoms with van der Waals surface area (Å²) in [5.74, 6) is -0.636. The van der Waals surface area contributed by atoms with Crippen molar-refractivity contribution < 1.29 is 13.9 Å². The van der Waals surface area contributed by atoms with Gasteiger partial charge >= 0.3 is 0 Å². The topological polar surface area (TPSA) is 35.5 Å². The lowest BCUT2D eigenvalue weighted by atomic mass is 9.94. The summed E-state index contributed by atoms with van der Waals surface area (Å²) in [4.78, 5) is 2.27. The van der Waals surface area contributed by atoms with Crippen molar-refractivity contribution in [2.24, 2.45) is 5.92 Å². The number of aliphatic hydroxyl groups is 1. The summed E-state index contributed by atoms with van der Waals surface area (Å²) in [5.41, 5.74) is 0.0121. The highest BCUT2D eigenvalue weighted by atomic mass is 19.1. The van der Waals surface area contributed by atoms with Gasteiger partial charge in [-0.15, -0.1) is 0 Å². The van der Waals surface area contributed by atoms with Crippen LogP contribution >= 0.6 is 0 Å². The van der Waals surface area contributed by atoms with Crippen LogP contribution in [0.25, 0.3) is 0 Å². The zero-order chi connectivity index (χ0) is 14.7. The molecule has 0 aliphatic carbocycles. The fraction of sp³-hybridized carbons (Fsp3) is 0.600. The van der Waals surface area contributed by atoms with E-state index in [1.807, 2.05) is 0 Å². The fourth-order valence-corrected chi connectivity index (χ4v) is 2.80. The molecular weight excluding hydrogens is 262 g/mol. The summed E-state index contributed by atoms with van der Waals surface area (Å²) in [6.45, 7) is 4.40.